The van der Waals surface area contributed by atoms with Crippen molar-refractivity contribution in [3.8, 4) is 28.3 Å². The summed E-state index contributed by atoms with van der Waals surface area (Å²) >= 11 is -0.750. The van der Waals surface area contributed by atoms with Crippen molar-refractivity contribution in [3.63, 3.8) is 0 Å². The second-order valence-corrected chi connectivity index (χ2v) is 7.87. The van der Waals surface area contributed by atoms with Gasteiger partial charge in [0.1, 0.15) is 5.82 Å². The van der Waals surface area contributed by atoms with E-state index >= 15 is 0 Å². The largest absolute Gasteiger partial charge is 0.494 e. The molecule has 0 saturated carbocycles. The van der Waals surface area contributed by atoms with E-state index < -0.39 is 28.7 Å². The number of aryl methyl sites for hydroxylation is 1. The molecule has 0 aliphatic carbocycles. The number of pyridine rings is 1. The van der Waals surface area contributed by atoms with Crippen molar-refractivity contribution in [2.45, 2.75) is 26.8 Å². The molecule has 3 aromatic rings. The third-order valence-corrected chi connectivity index (χ3v) is 5.09. The second-order valence-electron chi connectivity index (χ2n) is 7.73. The van der Waals surface area contributed by atoms with Crippen molar-refractivity contribution in [1.29, 1.82) is 0 Å². The van der Waals surface area contributed by atoms with Crippen molar-refractivity contribution in [3.05, 3.63) is 65.1 Å². The van der Waals surface area contributed by atoms with E-state index in [1.807, 2.05) is 0 Å². The summed E-state index contributed by atoms with van der Waals surface area (Å²) < 4.78 is 37.6. The highest BCUT2D eigenvalue weighted by Crippen LogP contribution is 2.25. The Labute approximate surface area is 198 Å². The maximum absolute atomic E-state index is 14.7. The smallest absolute Gasteiger partial charge is 0.335 e. The number of amides is 1. The van der Waals surface area contributed by atoms with Gasteiger partial charge in [-0.05, 0) is 12.0 Å². The summed E-state index contributed by atoms with van der Waals surface area (Å²) in [5.41, 5.74) is 1.76. The van der Waals surface area contributed by atoms with Crippen molar-refractivity contribution in [1.82, 2.24) is 20.0 Å². The van der Waals surface area contributed by atoms with Crippen LogP contribution in [0.25, 0.3) is 22.5 Å². The van der Waals surface area contributed by atoms with Crippen LogP contribution in [0.2, 0.25) is 0 Å². The number of ether oxygens (including phenoxy) is 1. The molecular formula is C22H23FN4O6S. The number of aromatic nitrogens is 3. The molecule has 0 unspecified atom stereocenters. The van der Waals surface area contributed by atoms with Gasteiger partial charge in [-0.2, -0.15) is 8.42 Å². The van der Waals surface area contributed by atoms with Crippen LogP contribution in [-0.4, -0.2) is 41.2 Å². The van der Waals surface area contributed by atoms with E-state index in [0.717, 1.165) is 11.8 Å². The number of nitrogens with one attached hydrogen (secondary N) is 1. The number of halogens is 1. The highest BCUT2D eigenvalue weighted by molar-refractivity contribution is 7.51. The fourth-order valence-corrected chi connectivity index (χ4v) is 2.98. The number of carbonyl (C=O) groups is 1. The lowest BCUT2D eigenvalue weighted by Gasteiger charge is -2.22. The first-order valence-corrected chi connectivity index (χ1v) is 10.6. The van der Waals surface area contributed by atoms with Gasteiger partial charge in [0.15, 0.2) is 11.6 Å². The Hall–Kier alpha value is -3.77. The summed E-state index contributed by atoms with van der Waals surface area (Å²) in [6.07, 6.45) is 4.49. The molecule has 34 heavy (non-hydrogen) atoms. The minimum atomic E-state index is -0.914. The molecule has 0 bridgehead atoms. The van der Waals surface area contributed by atoms with Gasteiger partial charge in [-0.3, -0.25) is 14.8 Å². The summed E-state index contributed by atoms with van der Waals surface area (Å²) in [5, 5.41) is 8.80. The molecule has 1 aromatic carbocycles. The zero-order chi connectivity index (χ0) is 25.3. The molecule has 0 fully saturated rings. The molecule has 2 N–H and O–H groups in total. The van der Waals surface area contributed by atoms with Crippen LogP contribution < -0.4 is 15.8 Å². The number of methoxy groups -OCH3 is 1. The third kappa shape index (κ3) is 6.62. The van der Waals surface area contributed by atoms with Crippen LogP contribution in [0.1, 0.15) is 20.3 Å². The van der Waals surface area contributed by atoms with Crippen molar-refractivity contribution >= 4 is 17.5 Å². The topological polar surface area (TPSA) is 140 Å². The first kappa shape index (κ1) is 26.5. The van der Waals surface area contributed by atoms with Gasteiger partial charge in [0, 0.05) is 35.3 Å². The van der Waals surface area contributed by atoms with E-state index in [-0.39, 0.29) is 24.1 Å². The van der Waals surface area contributed by atoms with E-state index in [1.54, 1.807) is 56.0 Å². The minimum Gasteiger partial charge on any atom is -0.494 e. The van der Waals surface area contributed by atoms with E-state index in [0.29, 0.717) is 17.1 Å². The van der Waals surface area contributed by atoms with Crippen LogP contribution in [0.5, 0.6) is 5.75 Å². The SMILES string of the molecule is COc1cnc(-c2ccc(-c3cc(=O)n(CCC(C)(C)C(=O)NO)cc3F)cc2)nc1.O=S=O. The maximum Gasteiger partial charge on any atom is 0.335 e. The molecule has 0 aliphatic heterocycles. The summed E-state index contributed by atoms with van der Waals surface area (Å²) in [6, 6.07) is 8.11. The standard InChI is InChI=1S/C22H23FN4O4.O2S/c1-22(2,21(29)26-30)8-9-27-13-18(23)17(10-19(27)28)14-4-6-15(7-5-14)20-24-11-16(31-3)12-25-20;1-3-2/h4-7,10-13,30H,8-9H2,1-3H3,(H,26,29);. The Morgan fingerprint density at radius 2 is 1.74 bits per heavy atom. The molecule has 10 nitrogen and oxygen atoms in total. The van der Waals surface area contributed by atoms with E-state index in [4.69, 9.17) is 18.4 Å². The van der Waals surface area contributed by atoms with Crippen LogP contribution in [0.3, 0.4) is 0 Å². The monoisotopic (exact) mass is 490 g/mol. The summed E-state index contributed by atoms with van der Waals surface area (Å²) in [6.45, 7) is 3.38. The summed E-state index contributed by atoms with van der Waals surface area (Å²) in [4.78, 5) is 32.6. The van der Waals surface area contributed by atoms with Crippen LogP contribution in [-0.2, 0) is 22.9 Å². The van der Waals surface area contributed by atoms with E-state index in [2.05, 4.69) is 9.97 Å². The van der Waals surface area contributed by atoms with Crippen LogP contribution in [0, 0.1) is 11.2 Å². The Morgan fingerprint density at radius 1 is 1.18 bits per heavy atom. The Kier molecular flexibility index (Phi) is 9.27. The highest BCUT2D eigenvalue weighted by atomic mass is 32.1. The number of rotatable bonds is 7. The Bertz CT molecular complexity index is 1220. The minimum absolute atomic E-state index is 0.129. The molecule has 0 aliphatic rings. The predicted octanol–water partition coefficient (Wildman–Crippen LogP) is 2.37. The quantitative estimate of drug-likeness (QED) is 0.380. The Balaban J connectivity index is 0.00000129. The van der Waals surface area contributed by atoms with E-state index in [9.17, 15) is 14.0 Å². The summed E-state index contributed by atoms with van der Waals surface area (Å²) in [5.74, 6) is -0.0859. The average molecular weight is 491 g/mol. The molecular weight excluding hydrogens is 467 g/mol. The molecule has 12 heteroatoms. The van der Waals surface area contributed by atoms with Crippen LogP contribution in [0.4, 0.5) is 4.39 Å². The fraction of sp³-hybridized carbons (Fsp3) is 0.273. The lowest BCUT2D eigenvalue weighted by Crippen LogP contribution is -2.36. The van der Waals surface area contributed by atoms with Gasteiger partial charge in [0.05, 0.1) is 19.5 Å². The van der Waals surface area contributed by atoms with Gasteiger partial charge in [0.2, 0.25) is 5.91 Å². The number of benzene rings is 1. The molecule has 3 rings (SSSR count). The zero-order valence-electron chi connectivity index (χ0n) is 18.6. The number of nitrogens with zero attached hydrogens (tertiary/aromatic N) is 3. The van der Waals surface area contributed by atoms with Gasteiger partial charge in [-0.15, -0.1) is 0 Å². The normalized spacial score (nSPS) is 10.6. The molecule has 0 atom stereocenters. The van der Waals surface area contributed by atoms with Gasteiger partial charge in [0.25, 0.3) is 5.56 Å². The first-order valence-electron chi connectivity index (χ1n) is 9.90. The molecule has 0 saturated heterocycles. The molecule has 1 amide bonds. The van der Waals surface area contributed by atoms with Crippen LogP contribution in [0.15, 0.2) is 53.7 Å². The van der Waals surface area contributed by atoms with Crippen molar-refractivity contribution < 1.29 is 27.5 Å². The molecule has 180 valence electrons. The van der Waals surface area contributed by atoms with Gasteiger partial charge < -0.3 is 9.30 Å². The molecule has 0 spiro atoms. The van der Waals surface area contributed by atoms with Crippen molar-refractivity contribution in [2.24, 2.45) is 5.41 Å². The second kappa shape index (κ2) is 11.9. The lowest BCUT2D eigenvalue weighted by atomic mass is 9.88. The first-order chi connectivity index (χ1) is 16.2. The zero-order valence-corrected chi connectivity index (χ0v) is 19.5. The van der Waals surface area contributed by atoms with Gasteiger partial charge >= 0.3 is 11.6 Å². The Morgan fingerprint density at radius 3 is 2.26 bits per heavy atom. The fourth-order valence-electron chi connectivity index (χ4n) is 2.98. The predicted molar refractivity (Wildman–Crippen MR) is 121 cm³/mol. The highest BCUT2D eigenvalue weighted by Gasteiger charge is 2.27. The summed E-state index contributed by atoms with van der Waals surface area (Å²) in [7, 11) is 1.53. The lowest BCUT2D eigenvalue weighted by molar-refractivity contribution is -0.138. The van der Waals surface area contributed by atoms with Crippen molar-refractivity contribution in [2.75, 3.05) is 7.11 Å². The third-order valence-electron chi connectivity index (χ3n) is 5.09. The molecule has 0 radical (unpaired) electrons. The maximum atomic E-state index is 14.7. The number of carbonyl (C=O) groups excluding carboxylic acids is 1. The number of hydrogen-bond donors (Lipinski definition) is 2. The number of hydroxylamine groups is 1. The average Bonchev–Trinajstić information content (AvgIpc) is 2.84. The molecule has 2 heterocycles. The van der Waals surface area contributed by atoms with Gasteiger partial charge in [-0.1, -0.05) is 38.1 Å². The van der Waals surface area contributed by atoms with Crippen LogP contribution >= 0.6 is 0 Å². The van der Waals surface area contributed by atoms with E-state index in [1.165, 1.54) is 17.7 Å². The number of hydrogen-bond acceptors (Lipinski definition) is 8. The molecule has 2 aromatic heterocycles. The van der Waals surface area contributed by atoms with Gasteiger partial charge in [-0.25, -0.2) is 19.8 Å².